The molecule has 122 valence electrons. The Morgan fingerprint density at radius 1 is 0.391 bits per heavy atom. The van der Waals surface area contributed by atoms with Crippen LogP contribution in [0, 0.1) is 55.4 Å². The molecule has 1 heterocycles. The highest BCUT2D eigenvalue weighted by Crippen LogP contribution is 2.40. The van der Waals surface area contributed by atoms with E-state index in [1.807, 2.05) is 0 Å². The highest BCUT2D eigenvalue weighted by Gasteiger charge is 2.43. The zero-order valence-electron chi connectivity index (χ0n) is 16.5. The molecular formula is C22H30Si. The predicted octanol–water partition coefficient (Wildman–Crippen LogP) is 4.96. The molecule has 1 aliphatic rings. The summed E-state index contributed by atoms with van der Waals surface area (Å²) in [7, 11) is -1.64. The van der Waals surface area contributed by atoms with Crippen LogP contribution in [0.25, 0.3) is 11.1 Å². The summed E-state index contributed by atoms with van der Waals surface area (Å²) in [6.45, 7) is 23.7. The second kappa shape index (κ2) is 4.83. The molecule has 0 spiro atoms. The van der Waals surface area contributed by atoms with Gasteiger partial charge in [0.25, 0.3) is 0 Å². The van der Waals surface area contributed by atoms with Gasteiger partial charge in [0.1, 0.15) is 8.07 Å². The molecule has 1 heteroatoms. The van der Waals surface area contributed by atoms with Gasteiger partial charge < -0.3 is 0 Å². The van der Waals surface area contributed by atoms with E-state index in [0.717, 1.165) is 0 Å². The zero-order valence-corrected chi connectivity index (χ0v) is 17.5. The van der Waals surface area contributed by atoms with Gasteiger partial charge in [-0.2, -0.15) is 0 Å². The lowest BCUT2D eigenvalue weighted by Gasteiger charge is -2.26. The van der Waals surface area contributed by atoms with E-state index in [0.29, 0.717) is 0 Å². The van der Waals surface area contributed by atoms with Crippen LogP contribution in [-0.4, -0.2) is 8.07 Å². The third-order valence-electron chi connectivity index (χ3n) is 6.88. The zero-order chi connectivity index (χ0) is 17.4. The first-order valence-electron chi connectivity index (χ1n) is 8.75. The van der Waals surface area contributed by atoms with Crippen LogP contribution in [-0.2, 0) is 0 Å². The molecule has 2 aromatic rings. The first-order valence-corrected chi connectivity index (χ1v) is 11.8. The SMILES string of the molecule is Cc1c(C)c(C)c2c(c1C)-c1c(C)c(C)c(C)c(C)c1[Si]2(C)C. The first-order chi connectivity index (χ1) is 10.5. The Hall–Kier alpha value is -1.34. The van der Waals surface area contributed by atoms with Gasteiger partial charge in [0.05, 0.1) is 0 Å². The number of hydrogen-bond acceptors (Lipinski definition) is 0. The lowest BCUT2D eigenvalue weighted by molar-refractivity contribution is 1.22. The summed E-state index contributed by atoms with van der Waals surface area (Å²) in [5.74, 6) is 0. The van der Waals surface area contributed by atoms with E-state index in [-0.39, 0.29) is 0 Å². The lowest BCUT2D eigenvalue weighted by Crippen LogP contribution is -2.52. The van der Waals surface area contributed by atoms with Crippen LogP contribution in [0.15, 0.2) is 0 Å². The van der Waals surface area contributed by atoms with Gasteiger partial charge >= 0.3 is 0 Å². The normalized spacial score (nSPS) is 14.9. The van der Waals surface area contributed by atoms with Crippen LogP contribution in [0.3, 0.4) is 0 Å². The van der Waals surface area contributed by atoms with Crippen LogP contribution in [0.1, 0.15) is 44.5 Å². The average Bonchev–Trinajstić information content (AvgIpc) is 2.74. The fourth-order valence-electron chi connectivity index (χ4n) is 4.94. The molecule has 0 fully saturated rings. The number of benzene rings is 2. The second-order valence-corrected chi connectivity index (χ2v) is 12.4. The molecule has 0 radical (unpaired) electrons. The minimum absolute atomic E-state index is 1.48. The number of hydrogen-bond donors (Lipinski definition) is 0. The van der Waals surface area contributed by atoms with E-state index >= 15 is 0 Å². The largest absolute Gasteiger partial charge is 0.114 e. The fraction of sp³-hybridized carbons (Fsp3) is 0.455. The Morgan fingerprint density at radius 2 is 0.652 bits per heavy atom. The predicted molar refractivity (Wildman–Crippen MR) is 107 cm³/mol. The Kier molecular flexibility index (Phi) is 3.47. The van der Waals surface area contributed by atoms with E-state index in [1.54, 1.807) is 32.6 Å². The first kappa shape index (κ1) is 16.5. The van der Waals surface area contributed by atoms with Gasteiger partial charge in [-0.1, -0.05) is 13.1 Å². The minimum Gasteiger partial charge on any atom is -0.0616 e. The van der Waals surface area contributed by atoms with Crippen molar-refractivity contribution in [1.29, 1.82) is 0 Å². The maximum Gasteiger partial charge on any atom is 0.114 e. The van der Waals surface area contributed by atoms with Crippen LogP contribution in [0.5, 0.6) is 0 Å². The van der Waals surface area contributed by atoms with Crippen molar-refractivity contribution in [2.75, 3.05) is 0 Å². The molecule has 0 amide bonds. The van der Waals surface area contributed by atoms with Gasteiger partial charge in [0.2, 0.25) is 0 Å². The number of fused-ring (bicyclic) bond motifs is 3. The molecule has 0 bridgehead atoms. The molecule has 0 saturated carbocycles. The summed E-state index contributed by atoms with van der Waals surface area (Å²) in [5.41, 5.74) is 15.2. The summed E-state index contributed by atoms with van der Waals surface area (Å²) < 4.78 is 0. The number of rotatable bonds is 0. The fourth-order valence-corrected chi connectivity index (χ4v) is 9.31. The highest BCUT2D eigenvalue weighted by atomic mass is 28.3. The molecule has 23 heavy (non-hydrogen) atoms. The Bertz CT molecular complexity index is 796. The molecule has 0 nitrogen and oxygen atoms in total. The van der Waals surface area contributed by atoms with E-state index in [9.17, 15) is 0 Å². The van der Waals surface area contributed by atoms with Gasteiger partial charge in [0, 0.05) is 0 Å². The van der Waals surface area contributed by atoms with Gasteiger partial charge in [-0.25, -0.2) is 0 Å². The maximum atomic E-state index is 2.56. The van der Waals surface area contributed by atoms with Crippen molar-refractivity contribution in [3.8, 4) is 11.1 Å². The third-order valence-corrected chi connectivity index (χ3v) is 10.6. The van der Waals surface area contributed by atoms with E-state index < -0.39 is 8.07 Å². The van der Waals surface area contributed by atoms with Gasteiger partial charge in [-0.3, -0.25) is 0 Å². The lowest BCUT2D eigenvalue weighted by atomic mass is 9.86. The van der Waals surface area contributed by atoms with Crippen molar-refractivity contribution in [3.05, 3.63) is 44.5 Å². The van der Waals surface area contributed by atoms with Gasteiger partial charge in [-0.15, -0.1) is 0 Å². The van der Waals surface area contributed by atoms with Crippen LogP contribution in [0.4, 0.5) is 0 Å². The van der Waals surface area contributed by atoms with Crippen LogP contribution < -0.4 is 10.4 Å². The molecule has 0 atom stereocenters. The summed E-state index contributed by atoms with van der Waals surface area (Å²) in [5, 5.41) is 3.40. The monoisotopic (exact) mass is 322 g/mol. The maximum absolute atomic E-state index is 2.56. The summed E-state index contributed by atoms with van der Waals surface area (Å²) in [6, 6.07) is 0. The molecule has 0 unspecified atom stereocenters. The molecule has 0 N–H and O–H groups in total. The molecular weight excluding hydrogens is 292 g/mol. The van der Waals surface area contributed by atoms with E-state index in [1.165, 1.54) is 33.4 Å². The van der Waals surface area contributed by atoms with E-state index in [2.05, 4.69) is 68.5 Å². The molecule has 2 aromatic carbocycles. The highest BCUT2D eigenvalue weighted by molar-refractivity contribution is 7.04. The summed E-state index contributed by atoms with van der Waals surface area (Å²) >= 11 is 0. The van der Waals surface area contributed by atoms with Gasteiger partial charge in [-0.05, 0) is 121 Å². The minimum atomic E-state index is -1.64. The topological polar surface area (TPSA) is 0 Å². The molecule has 3 rings (SSSR count). The molecule has 0 aliphatic carbocycles. The van der Waals surface area contributed by atoms with Crippen molar-refractivity contribution in [2.24, 2.45) is 0 Å². The third kappa shape index (κ3) is 1.83. The Balaban J connectivity index is 2.63. The van der Waals surface area contributed by atoms with Crippen molar-refractivity contribution < 1.29 is 0 Å². The van der Waals surface area contributed by atoms with Crippen molar-refractivity contribution >= 4 is 18.4 Å². The van der Waals surface area contributed by atoms with Crippen molar-refractivity contribution in [1.82, 2.24) is 0 Å². The van der Waals surface area contributed by atoms with Crippen LogP contribution >= 0.6 is 0 Å². The van der Waals surface area contributed by atoms with Gasteiger partial charge in [0.15, 0.2) is 0 Å². The standard InChI is InChI=1S/C22H30Si/c1-11-13(3)17(7)21-19(15(11)5)20-16(6)12(2)14(4)18(8)22(20)23(21,9)10/h1-10H3. The molecule has 0 aromatic heterocycles. The second-order valence-electron chi connectivity index (χ2n) is 8.12. The summed E-state index contributed by atoms with van der Waals surface area (Å²) in [4.78, 5) is 0. The summed E-state index contributed by atoms with van der Waals surface area (Å²) in [6.07, 6.45) is 0. The molecule has 1 aliphatic heterocycles. The Morgan fingerprint density at radius 3 is 0.957 bits per heavy atom. The smallest absolute Gasteiger partial charge is 0.0616 e. The quantitative estimate of drug-likeness (QED) is 0.602. The molecule has 0 saturated heterocycles. The average molecular weight is 323 g/mol. The Labute approximate surface area is 143 Å². The van der Waals surface area contributed by atoms with Crippen molar-refractivity contribution in [3.63, 3.8) is 0 Å². The van der Waals surface area contributed by atoms with Crippen molar-refractivity contribution in [2.45, 2.75) is 68.5 Å². The van der Waals surface area contributed by atoms with Crippen LogP contribution in [0.2, 0.25) is 13.1 Å². The van der Waals surface area contributed by atoms with E-state index in [4.69, 9.17) is 0 Å².